The molecule has 1 aromatic carbocycles. The summed E-state index contributed by atoms with van der Waals surface area (Å²) in [4.78, 5) is 5.85. The number of aryl methyl sites for hydroxylation is 2. The average Bonchev–Trinajstić information content (AvgIpc) is 2.83. The standard InChI is InChI=1S/C17H24N2OS/c1-6-15(14-9-7-8-10-16(14)20-5)19-12(3)17-11(2)18-13(4)21-17/h7-10,12,15,19H,6H2,1-5H3. The zero-order valence-corrected chi connectivity index (χ0v) is 14.3. The van der Waals surface area contributed by atoms with E-state index in [1.165, 1.54) is 10.4 Å². The van der Waals surface area contributed by atoms with Gasteiger partial charge >= 0.3 is 0 Å². The smallest absolute Gasteiger partial charge is 0.123 e. The van der Waals surface area contributed by atoms with E-state index in [1.807, 2.05) is 12.1 Å². The molecule has 2 aromatic rings. The van der Waals surface area contributed by atoms with Crippen molar-refractivity contribution in [1.82, 2.24) is 10.3 Å². The van der Waals surface area contributed by atoms with Gasteiger partial charge in [-0.3, -0.25) is 0 Å². The van der Waals surface area contributed by atoms with Crippen molar-refractivity contribution in [3.8, 4) is 5.75 Å². The fourth-order valence-electron chi connectivity index (χ4n) is 2.71. The highest BCUT2D eigenvalue weighted by Gasteiger charge is 2.19. The minimum Gasteiger partial charge on any atom is -0.496 e. The number of para-hydroxylation sites is 1. The Balaban J connectivity index is 2.21. The summed E-state index contributed by atoms with van der Waals surface area (Å²) in [7, 11) is 1.73. The van der Waals surface area contributed by atoms with Crippen molar-refractivity contribution in [3.05, 3.63) is 45.4 Å². The van der Waals surface area contributed by atoms with Gasteiger partial charge in [0.05, 0.1) is 17.8 Å². The van der Waals surface area contributed by atoms with Gasteiger partial charge < -0.3 is 10.1 Å². The maximum absolute atomic E-state index is 5.49. The Kier molecular flexibility index (Phi) is 5.37. The number of aromatic nitrogens is 1. The second-order valence-corrected chi connectivity index (χ2v) is 6.51. The average molecular weight is 304 g/mol. The van der Waals surface area contributed by atoms with Crippen LogP contribution in [-0.4, -0.2) is 12.1 Å². The van der Waals surface area contributed by atoms with Crippen molar-refractivity contribution in [2.75, 3.05) is 7.11 Å². The van der Waals surface area contributed by atoms with Gasteiger partial charge in [-0.05, 0) is 33.3 Å². The summed E-state index contributed by atoms with van der Waals surface area (Å²) in [5.74, 6) is 0.946. The van der Waals surface area contributed by atoms with Crippen molar-refractivity contribution < 1.29 is 4.74 Å². The molecule has 1 heterocycles. The van der Waals surface area contributed by atoms with E-state index in [-0.39, 0.29) is 12.1 Å². The van der Waals surface area contributed by atoms with E-state index in [1.54, 1.807) is 18.4 Å². The van der Waals surface area contributed by atoms with Crippen molar-refractivity contribution in [3.63, 3.8) is 0 Å². The molecule has 2 rings (SSSR count). The van der Waals surface area contributed by atoms with E-state index in [2.05, 4.69) is 50.1 Å². The van der Waals surface area contributed by atoms with Crippen LogP contribution in [0.2, 0.25) is 0 Å². The third-order valence-electron chi connectivity index (χ3n) is 3.71. The Morgan fingerprint density at radius 3 is 2.57 bits per heavy atom. The highest BCUT2D eigenvalue weighted by atomic mass is 32.1. The van der Waals surface area contributed by atoms with Gasteiger partial charge in [0.25, 0.3) is 0 Å². The molecule has 0 aliphatic carbocycles. The zero-order chi connectivity index (χ0) is 15.4. The molecule has 2 unspecified atom stereocenters. The summed E-state index contributed by atoms with van der Waals surface area (Å²) in [6, 6.07) is 8.79. The van der Waals surface area contributed by atoms with Crippen LogP contribution in [0.3, 0.4) is 0 Å². The van der Waals surface area contributed by atoms with Crippen molar-refractivity contribution >= 4 is 11.3 Å². The molecule has 0 aliphatic heterocycles. The second-order valence-electron chi connectivity index (χ2n) is 5.27. The Labute approximate surface area is 131 Å². The summed E-state index contributed by atoms with van der Waals surface area (Å²) in [5, 5.41) is 4.84. The first-order valence-corrected chi connectivity index (χ1v) is 8.21. The molecule has 0 amide bonds. The molecule has 1 N–H and O–H groups in total. The Morgan fingerprint density at radius 2 is 2.00 bits per heavy atom. The molecule has 2 atom stereocenters. The highest BCUT2D eigenvalue weighted by Crippen LogP contribution is 2.31. The predicted molar refractivity (Wildman–Crippen MR) is 89.2 cm³/mol. The van der Waals surface area contributed by atoms with Gasteiger partial charge in [0.2, 0.25) is 0 Å². The summed E-state index contributed by atoms with van der Waals surface area (Å²) in [6.07, 6.45) is 1.02. The van der Waals surface area contributed by atoms with E-state index in [9.17, 15) is 0 Å². The van der Waals surface area contributed by atoms with Crippen molar-refractivity contribution in [2.24, 2.45) is 0 Å². The van der Waals surface area contributed by atoms with Crippen molar-refractivity contribution in [1.29, 1.82) is 0 Å². The molecule has 4 heteroatoms. The number of nitrogens with zero attached hydrogens (tertiary/aromatic N) is 1. The van der Waals surface area contributed by atoms with Gasteiger partial charge in [-0.1, -0.05) is 25.1 Å². The molecule has 0 saturated heterocycles. The lowest BCUT2D eigenvalue weighted by atomic mass is 10.0. The van der Waals surface area contributed by atoms with E-state index in [0.717, 1.165) is 22.9 Å². The number of rotatable bonds is 6. The molecule has 0 bridgehead atoms. The lowest BCUT2D eigenvalue weighted by Crippen LogP contribution is -2.24. The van der Waals surface area contributed by atoms with Gasteiger partial charge in [-0.2, -0.15) is 0 Å². The van der Waals surface area contributed by atoms with Crippen LogP contribution in [0.4, 0.5) is 0 Å². The largest absolute Gasteiger partial charge is 0.496 e. The van der Waals surface area contributed by atoms with Crippen LogP contribution in [0.5, 0.6) is 5.75 Å². The molecule has 0 saturated carbocycles. The van der Waals surface area contributed by atoms with E-state index >= 15 is 0 Å². The Bertz CT molecular complexity index is 594. The maximum Gasteiger partial charge on any atom is 0.123 e. The first-order chi connectivity index (χ1) is 10.1. The summed E-state index contributed by atoms with van der Waals surface area (Å²) < 4.78 is 5.49. The van der Waals surface area contributed by atoms with Crippen molar-refractivity contribution in [2.45, 2.75) is 46.2 Å². The number of thiazole rings is 1. The lowest BCUT2D eigenvalue weighted by Gasteiger charge is -2.24. The van der Waals surface area contributed by atoms with Crippen LogP contribution in [0.15, 0.2) is 24.3 Å². The SMILES string of the molecule is CCC(NC(C)c1sc(C)nc1C)c1ccccc1OC. The van der Waals surface area contributed by atoms with Gasteiger partial charge in [0.1, 0.15) is 5.75 Å². The summed E-state index contributed by atoms with van der Waals surface area (Å²) in [5.41, 5.74) is 2.35. The summed E-state index contributed by atoms with van der Waals surface area (Å²) in [6.45, 7) is 8.55. The second kappa shape index (κ2) is 7.05. The van der Waals surface area contributed by atoms with Gasteiger partial charge in [0.15, 0.2) is 0 Å². The summed E-state index contributed by atoms with van der Waals surface area (Å²) >= 11 is 1.78. The van der Waals surface area contributed by atoms with E-state index < -0.39 is 0 Å². The van der Waals surface area contributed by atoms with Crippen LogP contribution in [-0.2, 0) is 0 Å². The normalized spacial score (nSPS) is 14.0. The predicted octanol–water partition coefficient (Wildman–Crippen LogP) is 4.57. The van der Waals surface area contributed by atoms with Crippen LogP contribution < -0.4 is 10.1 Å². The number of nitrogens with one attached hydrogen (secondary N) is 1. The van der Waals surface area contributed by atoms with Gasteiger partial charge in [0, 0.05) is 22.5 Å². The molecule has 0 radical (unpaired) electrons. The van der Waals surface area contributed by atoms with E-state index in [4.69, 9.17) is 4.74 Å². The molecular formula is C17H24N2OS. The number of methoxy groups -OCH3 is 1. The van der Waals surface area contributed by atoms with Crippen LogP contribution in [0, 0.1) is 13.8 Å². The van der Waals surface area contributed by atoms with Crippen LogP contribution in [0.25, 0.3) is 0 Å². The number of hydrogen-bond acceptors (Lipinski definition) is 4. The molecule has 0 aliphatic rings. The monoisotopic (exact) mass is 304 g/mol. The first-order valence-electron chi connectivity index (χ1n) is 7.39. The molecule has 3 nitrogen and oxygen atoms in total. The van der Waals surface area contributed by atoms with Crippen LogP contribution >= 0.6 is 11.3 Å². The minimum absolute atomic E-state index is 0.276. The molecule has 114 valence electrons. The third kappa shape index (κ3) is 3.63. The number of hydrogen-bond donors (Lipinski definition) is 1. The van der Waals surface area contributed by atoms with Crippen LogP contribution in [0.1, 0.15) is 53.5 Å². The number of benzene rings is 1. The molecule has 1 aromatic heterocycles. The highest BCUT2D eigenvalue weighted by molar-refractivity contribution is 7.11. The fourth-order valence-corrected chi connectivity index (χ4v) is 3.65. The first kappa shape index (κ1) is 16.0. The molecular weight excluding hydrogens is 280 g/mol. The minimum atomic E-state index is 0.276. The maximum atomic E-state index is 5.49. The Hall–Kier alpha value is -1.39. The molecule has 0 fully saturated rings. The van der Waals surface area contributed by atoms with E-state index in [0.29, 0.717) is 0 Å². The third-order valence-corrected chi connectivity index (χ3v) is 4.96. The Morgan fingerprint density at radius 1 is 1.29 bits per heavy atom. The number of ether oxygens (including phenoxy) is 1. The topological polar surface area (TPSA) is 34.2 Å². The molecule has 0 spiro atoms. The lowest BCUT2D eigenvalue weighted by molar-refractivity contribution is 0.389. The van der Waals surface area contributed by atoms with Gasteiger partial charge in [-0.15, -0.1) is 11.3 Å². The quantitative estimate of drug-likeness (QED) is 0.849. The fraction of sp³-hybridized carbons (Fsp3) is 0.471. The molecule has 21 heavy (non-hydrogen) atoms. The van der Waals surface area contributed by atoms with Gasteiger partial charge in [-0.25, -0.2) is 4.98 Å². The zero-order valence-electron chi connectivity index (χ0n) is 13.4.